The van der Waals surface area contributed by atoms with Crippen molar-refractivity contribution in [1.29, 1.82) is 0 Å². The lowest BCUT2D eigenvalue weighted by Gasteiger charge is -2.18. The molecule has 0 aliphatic heterocycles. The summed E-state index contributed by atoms with van der Waals surface area (Å²) >= 11 is 0. The van der Waals surface area contributed by atoms with Crippen LogP contribution in [0.2, 0.25) is 0 Å². The highest BCUT2D eigenvalue weighted by molar-refractivity contribution is 5.78. The minimum atomic E-state index is -0.807. The molecule has 0 aliphatic rings. The molecule has 4 heteroatoms. The fourth-order valence-electron chi connectivity index (χ4n) is 1.32. The Morgan fingerprint density at radius 2 is 1.81 bits per heavy atom. The fraction of sp³-hybridized carbons (Fsp3) is 0.833. The third-order valence-corrected chi connectivity index (χ3v) is 3.02. The van der Waals surface area contributed by atoms with Gasteiger partial charge in [0.05, 0.1) is 0 Å². The first-order valence-electron chi connectivity index (χ1n) is 5.87. The highest BCUT2D eigenvalue weighted by Crippen LogP contribution is 2.11. The zero-order valence-electron chi connectivity index (χ0n) is 10.6. The molecule has 0 aliphatic carbocycles. The number of rotatable bonds is 7. The molecule has 0 radical (unpaired) electrons. The molecule has 0 spiro atoms. The van der Waals surface area contributed by atoms with Gasteiger partial charge in [0.2, 0.25) is 5.91 Å². The SMILES string of the molecule is CCC(CNC(=O)C(C)C(C)C)CC(=O)O. The van der Waals surface area contributed by atoms with E-state index < -0.39 is 5.97 Å². The van der Waals surface area contributed by atoms with E-state index in [1.54, 1.807) is 0 Å². The predicted octanol–water partition coefficient (Wildman–Crippen LogP) is 1.90. The molecule has 2 atom stereocenters. The molecule has 0 aromatic heterocycles. The van der Waals surface area contributed by atoms with E-state index in [0.29, 0.717) is 12.5 Å². The summed E-state index contributed by atoms with van der Waals surface area (Å²) in [7, 11) is 0. The molecular weight excluding hydrogens is 206 g/mol. The van der Waals surface area contributed by atoms with Gasteiger partial charge >= 0.3 is 5.97 Å². The molecule has 0 saturated carbocycles. The van der Waals surface area contributed by atoms with E-state index in [4.69, 9.17) is 5.11 Å². The maximum absolute atomic E-state index is 11.6. The third-order valence-electron chi connectivity index (χ3n) is 3.02. The molecule has 0 rings (SSSR count). The molecule has 0 aromatic carbocycles. The molecule has 2 N–H and O–H groups in total. The van der Waals surface area contributed by atoms with Gasteiger partial charge in [0, 0.05) is 18.9 Å². The van der Waals surface area contributed by atoms with Crippen molar-refractivity contribution in [2.45, 2.75) is 40.5 Å². The molecule has 0 bridgehead atoms. The predicted molar refractivity (Wildman–Crippen MR) is 63.0 cm³/mol. The van der Waals surface area contributed by atoms with Crippen LogP contribution in [0.1, 0.15) is 40.5 Å². The van der Waals surface area contributed by atoms with Gasteiger partial charge in [-0.05, 0) is 11.8 Å². The number of aliphatic carboxylic acids is 1. The van der Waals surface area contributed by atoms with Crippen LogP contribution in [0.25, 0.3) is 0 Å². The number of amides is 1. The molecule has 0 aromatic rings. The van der Waals surface area contributed by atoms with Crippen molar-refractivity contribution in [3.63, 3.8) is 0 Å². The second kappa shape index (κ2) is 7.25. The van der Waals surface area contributed by atoms with Crippen LogP contribution in [0, 0.1) is 17.8 Å². The smallest absolute Gasteiger partial charge is 0.303 e. The summed E-state index contributed by atoms with van der Waals surface area (Å²) in [5, 5.41) is 11.5. The normalized spacial score (nSPS) is 14.6. The maximum atomic E-state index is 11.6. The van der Waals surface area contributed by atoms with Gasteiger partial charge < -0.3 is 10.4 Å². The zero-order valence-corrected chi connectivity index (χ0v) is 10.6. The number of carboxylic acids is 1. The van der Waals surface area contributed by atoms with E-state index in [9.17, 15) is 9.59 Å². The van der Waals surface area contributed by atoms with Gasteiger partial charge in [-0.3, -0.25) is 9.59 Å². The van der Waals surface area contributed by atoms with Crippen molar-refractivity contribution in [2.24, 2.45) is 17.8 Å². The van der Waals surface area contributed by atoms with Crippen molar-refractivity contribution in [2.75, 3.05) is 6.54 Å². The fourth-order valence-corrected chi connectivity index (χ4v) is 1.32. The van der Waals surface area contributed by atoms with Gasteiger partial charge in [0.25, 0.3) is 0 Å². The lowest BCUT2D eigenvalue weighted by atomic mass is 9.96. The van der Waals surface area contributed by atoms with E-state index in [-0.39, 0.29) is 24.2 Å². The lowest BCUT2D eigenvalue weighted by Crippen LogP contribution is -2.35. The molecule has 16 heavy (non-hydrogen) atoms. The van der Waals surface area contributed by atoms with Gasteiger partial charge in [0.1, 0.15) is 0 Å². The molecular formula is C12H23NO3. The molecule has 94 valence electrons. The maximum Gasteiger partial charge on any atom is 0.303 e. The van der Waals surface area contributed by atoms with E-state index >= 15 is 0 Å². The van der Waals surface area contributed by atoms with Crippen LogP contribution in [0.4, 0.5) is 0 Å². The first-order chi connectivity index (χ1) is 7.38. The summed E-state index contributed by atoms with van der Waals surface area (Å²) < 4.78 is 0. The molecule has 0 heterocycles. The summed E-state index contributed by atoms with van der Waals surface area (Å²) in [6, 6.07) is 0. The highest BCUT2D eigenvalue weighted by atomic mass is 16.4. The van der Waals surface area contributed by atoms with Crippen molar-refractivity contribution < 1.29 is 14.7 Å². The van der Waals surface area contributed by atoms with E-state index in [0.717, 1.165) is 6.42 Å². The number of carboxylic acid groups (broad SMARTS) is 1. The first-order valence-corrected chi connectivity index (χ1v) is 5.87. The Hall–Kier alpha value is -1.06. The monoisotopic (exact) mass is 229 g/mol. The number of carbonyl (C=O) groups excluding carboxylic acids is 1. The lowest BCUT2D eigenvalue weighted by molar-refractivity contribution is -0.138. The second-order valence-corrected chi connectivity index (χ2v) is 4.65. The second-order valence-electron chi connectivity index (χ2n) is 4.65. The molecule has 0 saturated heterocycles. The van der Waals surface area contributed by atoms with Gasteiger partial charge in [-0.25, -0.2) is 0 Å². The Bertz CT molecular complexity index is 238. The van der Waals surface area contributed by atoms with Gasteiger partial charge in [-0.2, -0.15) is 0 Å². The minimum Gasteiger partial charge on any atom is -0.481 e. The largest absolute Gasteiger partial charge is 0.481 e. The Morgan fingerprint density at radius 3 is 2.19 bits per heavy atom. The third kappa shape index (κ3) is 5.73. The summed E-state index contributed by atoms with van der Waals surface area (Å²) in [4.78, 5) is 22.2. The summed E-state index contributed by atoms with van der Waals surface area (Å²) in [5.74, 6) is -0.487. The topological polar surface area (TPSA) is 66.4 Å². The Balaban J connectivity index is 4.01. The molecule has 1 amide bonds. The van der Waals surface area contributed by atoms with E-state index in [2.05, 4.69) is 5.32 Å². The Morgan fingerprint density at radius 1 is 1.25 bits per heavy atom. The summed E-state index contributed by atoms with van der Waals surface area (Å²) in [6.07, 6.45) is 0.884. The van der Waals surface area contributed by atoms with Crippen LogP contribution in [-0.2, 0) is 9.59 Å². The summed E-state index contributed by atoms with van der Waals surface area (Å²) in [5.41, 5.74) is 0. The van der Waals surface area contributed by atoms with Crippen LogP contribution in [0.15, 0.2) is 0 Å². The van der Waals surface area contributed by atoms with Crippen molar-refractivity contribution in [1.82, 2.24) is 5.32 Å². The van der Waals surface area contributed by atoms with Crippen LogP contribution in [0.3, 0.4) is 0 Å². The van der Waals surface area contributed by atoms with E-state index in [1.807, 2.05) is 27.7 Å². The first kappa shape index (κ1) is 14.9. The number of carbonyl (C=O) groups is 2. The van der Waals surface area contributed by atoms with Crippen LogP contribution in [0.5, 0.6) is 0 Å². The minimum absolute atomic E-state index is 0.0128. The number of hydrogen-bond donors (Lipinski definition) is 2. The van der Waals surface area contributed by atoms with Gasteiger partial charge in [0.15, 0.2) is 0 Å². The van der Waals surface area contributed by atoms with Crippen LogP contribution in [-0.4, -0.2) is 23.5 Å². The zero-order chi connectivity index (χ0) is 12.7. The van der Waals surface area contributed by atoms with Gasteiger partial charge in [-0.15, -0.1) is 0 Å². The number of hydrogen-bond acceptors (Lipinski definition) is 2. The van der Waals surface area contributed by atoms with E-state index in [1.165, 1.54) is 0 Å². The molecule has 4 nitrogen and oxygen atoms in total. The van der Waals surface area contributed by atoms with Crippen molar-refractivity contribution in [3.8, 4) is 0 Å². The Kier molecular flexibility index (Phi) is 6.77. The molecule has 2 unspecified atom stereocenters. The van der Waals surface area contributed by atoms with Crippen molar-refractivity contribution >= 4 is 11.9 Å². The standard InChI is InChI=1S/C12H23NO3/c1-5-10(6-11(14)15)7-13-12(16)9(4)8(2)3/h8-10H,5-7H2,1-4H3,(H,13,16)(H,14,15). The van der Waals surface area contributed by atoms with Crippen LogP contribution >= 0.6 is 0 Å². The molecule has 0 fully saturated rings. The van der Waals surface area contributed by atoms with Crippen LogP contribution < -0.4 is 5.32 Å². The van der Waals surface area contributed by atoms with Crippen molar-refractivity contribution in [3.05, 3.63) is 0 Å². The quantitative estimate of drug-likeness (QED) is 0.700. The average Bonchev–Trinajstić information content (AvgIpc) is 2.21. The number of nitrogens with one attached hydrogen (secondary N) is 1. The Labute approximate surface area is 97.4 Å². The highest BCUT2D eigenvalue weighted by Gasteiger charge is 2.18. The summed E-state index contributed by atoms with van der Waals surface area (Å²) in [6.45, 7) is 8.28. The average molecular weight is 229 g/mol. The van der Waals surface area contributed by atoms with Gasteiger partial charge in [-0.1, -0.05) is 34.1 Å².